The Balaban J connectivity index is 1.60. The minimum Gasteiger partial charge on any atom is -0.308 e. The van der Waals surface area contributed by atoms with Gasteiger partial charge in [0.15, 0.2) is 4.96 Å². The van der Waals surface area contributed by atoms with Gasteiger partial charge < -0.3 is 10.2 Å². The Hall–Kier alpha value is -0.910. The maximum absolute atomic E-state index is 4.67. The molecule has 1 fully saturated rings. The van der Waals surface area contributed by atoms with Crippen LogP contribution in [0.2, 0.25) is 0 Å². The first kappa shape index (κ1) is 15.0. The summed E-state index contributed by atoms with van der Waals surface area (Å²) in [6.07, 6.45) is 3.80. The van der Waals surface area contributed by atoms with Crippen molar-refractivity contribution < 1.29 is 0 Å². The monoisotopic (exact) mass is 306 g/mol. The lowest BCUT2D eigenvalue weighted by Gasteiger charge is -2.32. The fourth-order valence-corrected chi connectivity index (χ4v) is 4.22. The average Bonchev–Trinajstić information content (AvgIpc) is 2.98. The summed E-state index contributed by atoms with van der Waals surface area (Å²) in [6, 6.07) is 0.655. The van der Waals surface area contributed by atoms with Gasteiger partial charge in [0.25, 0.3) is 0 Å². The van der Waals surface area contributed by atoms with Crippen LogP contribution in [-0.2, 0) is 6.54 Å². The minimum atomic E-state index is 0.655. The third-order valence-corrected chi connectivity index (χ3v) is 5.46. The fraction of sp³-hybridized carbons (Fsp3) is 0.688. The highest BCUT2D eigenvalue weighted by molar-refractivity contribution is 7.15. The molecule has 0 aromatic carbocycles. The number of piperidine rings is 1. The summed E-state index contributed by atoms with van der Waals surface area (Å²) in [7, 11) is 0. The Morgan fingerprint density at radius 2 is 2.10 bits per heavy atom. The van der Waals surface area contributed by atoms with Crippen molar-refractivity contribution in [2.75, 3.05) is 19.6 Å². The van der Waals surface area contributed by atoms with Crippen LogP contribution in [0, 0.1) is 13.8 Å². The van der Waals surface area contributed by atoms with Gasteiger partial charge in [-0.2, -0.15) is 0 Å². The molecule has 0 bridgehead atoms. The van der Waals surface area contributed by atoms with Crippen LogP contribution in [0.3, 0.4) is 0 Å². The van der Waals surface area contributed by atoms with Gasteiger partial charge in [-0.3, -0.25) is 4.40 Å². The largest absolute Gasteiger partial charge is 0.308 e. The Morgan fingerprint density at radius 3 is 2.81 bits per heavy atom. The quantitative estimate of drug-likeness (QED) is 0.922. The summed E-state index contributed by atoms with van der Waals surface area (Å²) in [5.41, 5.74) is 3.80. The van der Waals surface area contributed by atoms with E-state index >= 15 is 0 Å². The second-order valence-corrected chi connectivity index (χ2v) is 6.97. The highest BCUT2D eigenvalue weighted by Crippen LogP contribution is 2.21. The molecule has 4 nitrogen and oxygen atoms in total. The van der Waals surface area contributed by atoms with Crippen LogP contribution in [0.15, 0.2) is 5.38 Å². The first-order valence-electron chi connectivity index (χ1n) is 8.06. The zero-order chi connectivity index (χ0) is 14.8. The lowest BCUT2D eigenvalue weighted by atomic mass is 10.0. The van der Waals surface area contributed by atoms with Gasteiger partial charge in [0.2, 0.25) is 0 Å². The summed E-state index contributed by atoms with van der Waals surface area (Å²) in [5.74, 6) is 0. The van der Waals surface area contributed by atoms with Crippen molar-refractivity contribution in [3.63, 3.8) is 0 Å². The van der Waals surface area contributed by atoms with E-state index in [0.717, 1.165) is 11.5 Å². The van der Waals surface area contributed by atoms with Crippen LogP contribution >= 0.6 is 11.3 Å². The summed E-state index contributed by atoms with van der Waals surface area (Å²) in [6.45, 7) is 11.2. The molecule has 0 spiro atoms. The molecule has 1 aliphatic rings. The maximum atomic E-state index is 4.67. The van der Waals surface area contributed by atoms with Gasteiger partial charge in [0.05, 0.1) is 11.4 Å². The van der Waals surface area contributed by atoms with E-state index in [4.69, 9.17) is 0 Å². The lowest BCUT2D eigenvalue weighted by Crippen LogP contribution is -2.42. The predicted molar refractivity (Wildman–Crippen MR) is 89.1 cm³/mol. The summed E-state index contributed by atoms with van der Waals surface area (Å²) >= 11 is 1.73. The minimum absolute atomic E-state index is 0.655. The number of nitrogens with one attached hydrogen (secondary N) is 1. The molecule has 21 heavy (non-hydrogen) atoms. The van der Waals surface area contributed by atoms with E-state index in [-0.39, 0.29) is 0 Å². The zero-order valence-corrected chi connectivity index (χ0v) is 14.2. The molecule has 0 saturated carbocycles. The molecular formula is C16H26N4S. The summed E-state index contributed by atoms with van der Waals surface area (Å²) < 4.78 is 2.30. The summed E-state index contributed by atoms with van der Waals surface area (Å²) in [4.78, 5) is 8.38. The van der Waals surface area contributed by atoms with E-state index in [1.807, 2.05) is 0 Å². The number of fused-ring (bicyclic) bond motifs is 1. The number of aromatic nitrogens is 2. The number of nitrogens with zero attached hydrogens (tertiary/aromatic N) is 3. The number of likely N-dealkylation sites (tertiary alicyclic amines) is 1. The number of thiazole rings is 1. The molecule has 2 aromatic heterocycles. The van der Waals surface area contributed by atoms with Gasteiger partial charge in [0.1, 0.15) is 0 Å². The van der Waals surface area contributed by atoms with Crippen LogP contribution in [-0.4, -0.2) is 40.0 Å². The molecule has 1 aliphatic heterocycles. The number of rotatable bonds is 5. The molecule has 0 aliphatic carbocycles. The molecule has 2 aromatic rings. The van der Waals surface area contributed by atoms with Crippen LogP contribution in [0.5, 0.6) is 0 Å². The van der Waals surface area contributed by atoms with Crippen LogP contribution in [0.25, 0.3) is 4.96 Å². The van der Waals surface area contributed by atoms with E-state index in [0.29, 0.717) is 6.04 Å². The highest BCUT2D eigenvalue weighted by atomic mass is 32.1. The lowest BCUT2D eigenvalue weighted by molar-refractivity contribution is 0.197. The second kappa shape index (κ2) is 6.46. The molecule has 1 N–H and O–H groups in total. The van der Waals surface area contributed by atoms with Crippen LogP contribution in [0.4, 0.5) is 0 Å². The molecule has 0 atom stereocenters. The van der Waals surface area contributed by atoms with Crippen molar-refractivity contribution in [1.82, 2.24) is 19.6 Å². The van der Waals surface area contributed by atoms with Gasteiger partial charge in [0, 0.05) is 23.7 Å². The normalized spacial score (nSPS) is 17.9. The highest BCUT2D eigenvalue weighted by Gasteiger charge is 2.19. The van der Waals surface area contributed by atoms with Gasteiger partial charge in [-0.1, -0.05) is 6.92 Å². The third-order valence-electron chi connectivity index (χ3n) is 4.52. The standard InChI is InChI=1S/C16H26N4S/c1-4-7-19-8-5-14(6-9-19)17-10-15-13(3)18-16-20(15)12(2)11-21-16/h11,14,17H,4-10H2,1-3H3. The number of hydrogen-bond donors (Lipinski definition) is 1. The first-order valence-corrected chi connectivity index (χ1v) is 8.94. The van der Waals surface area contributed by atoms with Gasteiger partial charge in [-0.25, -0.2) is 4.98 Å². The zero-order valence-electron chi connectivity index (χ0n) is 13.4. The van der Waals surface area contributed by atoms with Crippen LogP contribution in [0.1, 0.15) is 43.3 Å². The molecular weight excluding hydrogens is 280 g/mol. The van der Waals surface area contributed by atoms with Crippen molar-refractivity contribution >= 4 is 16.3 Å². The Morgan fingerprint density at radius 1 is 1.33 bits per heavy atom. The molecule has 0 unspecified atom stereocenters. The van der Waals surface area contributed by atoms with Crippen molar-refractivity contribution in [3.05, 3.63) is 22.5 Å². The fourth-order valence-electron chi connectivity index (χ4n) is 3.29. The van der Waals surface area contributed by atoms with E-state index in [2.05, 4.69) is 45.8 Å². The van der Waals surface area contributed by atoms with Gasteiger partial charge >= 0.3 is 0 Å². The Bertz CT molecular complexity index is 593. The van der Waals surface area contributed by atoms with Crippen molar-refractivity contribution in [2.45, 2.75) is 52.6 Å². The number of hydrogen-bond acceptors (Lipinski definition) is 4. The van der Waals surface area contributed by atoms with E-state index in [1.54, 1.807) is 11.3 Å². The van der Waals surface area contributed by atoms with Gasteiger partial charge in [-0.15, -0.1) is 11.3 Å². The molecule has 0 amide bonds. The average molecular weight is 306 g/mol. The van der Waals surface area contributed by atoms with Crippen LogP contribution < -0.4 is 5.32 Å². The van der Waals surface area contributed by atoms with E-state index in [9.17, 15) is 0 Å². The first-order chi connectivity index (χ1) is 10.2. The Labute approximate surface area is 131 Å². The van der Waals surface area contributed by atoms with Crippen molar-refractivity contribution in [2.24, 2.45) is 0 Å². The smallest absolute Gasteiger partial charge is 0.194 e. The molecule has 3 rings (SSSR count). The Kier molecular flexibility index (Phi) is 4.62. The SMILES string of the molecule is CCCN1CCC(NCc2c(C)nc3scc(C)n23)CC1. The second-order valence-electron chi connectivity index (χ2n) is 6.14. The van der Waals surface area contributed by atoms with Crippen molar-refractivity contribution in [3.8, 4) is 0 Å². The number of imidazole rings is 1. The topological polar surface area (TPSA) is 32.6 Å². The van der Waals surface area contributed by atoms with Crippen molar-refractivity contribution in [1.29, 1.82) is 0 Å². The summed E-state index contributed by atoms with van der Waals surface area (Å²) in [5, 5.41) is 5.94. The van der Waals surface area contributed by atoms with Gasteiger partial charge in [-0.05, 0) is 52.7 Å². The molecule has 3 heterocycles. The third kappa shape index (κ3) is 3.15. The van der Waals surface area contributed by atoms with E-state index in [1.165, 1.54) is 56.0 Å². The number of aryl methyl sites for hydroxylation is 2. The molecule has 1 saturated heterocycles. The maximum Gasteiger partial charge on any atom is 0.194 e. The molecule has 0 radical (unpaired) electrons. The predicted octanol–water partition coefficient (Wildman–Crippen LogP) is 2.98. The molecule has 5 heteroatoms. The van der Waals surface area contributed by atoms with E-state index < -0.39 is 0 Å². The molecule has 116 valence electrons.